The van der Waals surface area contributed by atoms with Gasteiger partial charge in [0, 0.05) is 22.0 Å². The number of hydrogen-bond donors (Lipinski definition) is 2. The van der Waals surface area contributed by atoms with E-state index in [-0.39, 0.29) is 10.6 Å². The first-order chi connectivity index (χ1) is 12.9. The Kier molecular flexibility index (Phi) is 5.74. The van der Waals surface area contributed by atoms with Gasteiger partial charge in [0.15, 0.2) is 0 Å². The van der Waals surface area contributed by atoms with E-state index in [1.165, 1.54) is 36.4 Å². The summed E-state index contributed by atoms with van der Waals surface area (Å²) in [6.45, 7) is 0. The maximum Gasteiger partial charge on any atom is 0.257 e. The molecule has 0 bridgehead atoms. The minimum atomic E-state index is -0.454. The quantitative estimate of drug-likeness (QED) is 0.593. The zero-order chi connectivity index (χ0) is 19.4. The zero-order valence-corrected chi connectivity index (χ0v) is 15.3. The molecule has 0 aliphatic heterocycles. The number of anilines is 2. The fourth-order valence-electron chi connectivity index (χ4n) is 2.38. The third-order valence-corrected chi connectivity index (χ3v) is 4.20. The van der Waals surface area contributed by atoms with E-state index < -0.39 is 17.6 Å². The molecule has 0 saturated heterocycles. The van der Waals surface area contributed by atoms with E-state index in [4.69, 9.17) is 23.2 Å². The number of benzene rings is 3. The van der Waals surface area contributed by atoms with Gasteiger partial charge < -0.3 is 10.6 Å². The molecule has 136 valence electrons. The summed E-state index contributed by atoms with van der Waals surface area (Å²) in [6, 6.07) is 16.5. The molecular weight excluding hydrogens is 390 g/mol. The summed E-state index contributed by atoms with van der Waals surface area (Å²) in [5.41, 5.74) is 1.26. The lowest BCUT2D eigenvalue weighted by Crippen LogP contribution is -2.15. The first kappa shape index (κ1) is 18.9. The van der Waals surface area contributed by atoms with Gasteiger partial charge in [-0.15, -0.1) is 0 Å². The van der Waals surface area contributed by atoms with Crippen molar-refractivity contribution in [2.24, 2.45) is 0 Å². The molecule has 3 rings (SSSR count). The number of carbonyl (C=O) groups excluding carboxylic acids is 2. The standard InChI is InChI=1S/C20H13Cl2FN2O2/c21-13-7-8-18(22)17(10-13)20(27)25-15-5-1-3-12(9-15)19(26)24-16-6-2-4-14(23)11-16/h1-11H,(H,24,26)(H,25,27). The molecule has 0 radical (unpaired) electrons. The van der Waals surface area contributed by atoms with Gasteiger partial charge in [-0.2, -0.15) is 0 Å². The van der Waals surface area contributed by atoms with Crippen LogP contribution in [0.25, 0.3) is 0 Å². The van der Waals surface area contributed by atoms with Gasteiger partial charge in [-0.25, -0.2) is 4.39 Å². The average Bonchev–Trinajstić information content (AvgIpc) is 2.64. The summed E-state index contributed by atoms with van der Waals surface area (Å²) < 4.78 is 13.2. The molecule has 0 atom stereocenters. The molecule has 0 aliphatic carbocycles. The lowest BCUT2D eigenvalue weighted by Gasteiger charge is -2.09. The van der Waals surface area contributed by atoms with E-state index in [0.29, 0.717) is 22.0 Å². The number of halogens is 3. The Hall–Kier alpha value is -2.89. The van der Waals surface area contributed by atoms with Crippen LogP contribution in [0, 0.1) is 5.82 Å². The van der Waals surface area contributed by atoms with Gasteiger partial charge in [-0.1, -0.05) is 35.3 Å². The van der Waals surface area contributed by atoms with Gasteiger partial charge in [-0.3, -0.25) is 9.59 Å². The second kappa shape index (κ2) is 8.20. The van der Waals surface area contributed by atoms with Crippen molar-refractivity contribution in [3.8, 4) is 0 Å². The molecule has 2 amide bonds. The highest BCUT2D eigenvalue weighted by atomic mass is 35.5. The van der Waals surface area contributed by atoms with Crippen LogP contribution >= 0.6 is 23.2 Å². The Morgan fingerprint density at radius 1 is 0.778 bits per heavy atom. The van der Waals surface area contributed by atoms with E-state index in [2.05, 4.69) is 10.6 Å². The molecule has 0 spiro atoms. The molecule has 4 nitrogen and oxygen atoms in total. The van der Waals surface area contributed by atoms with Crippen molar-refractivity contribution >= 4 is 46.4 Å². The maximum atomic E-state index is 13.2. The van der Waals surface area contributed by atoms with Crippen LogP contribution < -0.4 is 10.6 Å². The molecule has 3 aromatic carbocycles. The highest BCUT2D eigenvalue weighted by molar-refractivity contribution is 6.36. The second-order valence-electron chi connectivity index (χ2n) is 5.62. The molecule has 27 heavy (non-hydrogen) atoms. The Morgan fingerprint density at radius 3 is 2.19 bits per heavy atom. The highest BCUT2D eigenvalue weighted by Crippen LogP contribution is 2.22. The molecular formula is C20H13Cl2FN2O2. The Bertz CT molecular complexity index is 1020. The largest absolute Gasteiger partial charge is 0.322 e. The Morgan fingerprint density at radius 2 is 1.44 bits per heavy atom. The molecule has 3 aromatic rings. The molecule has 0 unspecified atom stereocenters. The van der Waals surface area contributed by atoms with Crippen LogP contribution in [0.2, 0.25) is 10.0 Å². The van der Waals surface area contributed by atoms with Crippen molar-refractivity contribution in [1.82, 2.24) is 0 Å². The third-order valence-electron chi connectivity index (χ3n) is 3.64. The number of rotatable bonds is 4. The van der Waals surface area contributed by atoms with E-state index in [9.17, 15) is 14.0 Å². The van der Waals surface area contributed by atoms with Crippen molar-refractivity contribution in [1.29, 1.82) is 0 Å². The van der Waals surface area contributed by atoms with E-state index in [1.54, 1.807) is 30.3 Å². The SMILES string of the molecule is O=C(Nc1cccc(F)c1)c1cccc(NC(=O)c2cc(Cl)ccc2Cl)c1. The monoisotopic (exact) mass is 402 g/mol. The minimum absolute atomic E-state index is 0.221. The number of nitrogens with one attached hydrogen (secondary N) is 2. The van der Waals surface area contributed by atoms with Crippen molar-refractivity contribution in [3.63, 3.8) is 0 Å². The molecule has 0 aliphatic rings. The van der Waals surface area contributed by atoms with Crippen molar-refractivity contribution in [3.05, 3.63) is 93.7 Å². The Balaban J connectivity index is 1.76. The summed E-state index contributed by atoms with van der Waals surface area (Å²) in [5, 5.41) is 5.91. The highest BCUT2D eigenvalue weighted by Gasteiger charge is 2.13. The summed E-state index contributed by atoms with van der Waals surface area (Å²) in [6.07, 6.45) is 0. The van der Waals surface area contributed by atoms with Crippen LogP contribution in [0.5, 0.6) is 0 Å². The Labute approximate surface area is 164 Å². The fraction of sp³-hybridized carbons (Fsp3) is 0. The minimum Gasteiger partial charge on any atom is -0.322 e. The van der Waals surface area contributed by atoms with Gasteiger partial charge in [0.05, 0.1) is 10.6 Å². The molecule has 7 heteroatoms. The van der Waals surface area contributed by atoms with Gasteiger partial charge in [0.1, 0.15) is 5.82 Å². The van der Waals surface area contributed by atoms with E-state index in [1.807, 2.05) is 0 Å². The van der Waals surface area contributed by atoms with Crippen LogP contribution in [0.15, 0.2) is 66.7 Å². The van der Waals surface area contributed by atoms with Gasteiger partial charge in [0.25, 0.3) is 11.8 Å². The number of hydrogen-bond acceptors (Lipinski definition) is 2. The first-order valence-electron chi connectivity index (χ1n) is 7.86. The normalized spacial score (nSPS) is 10.3. The van der Waals surface area contributed by atoms with Gasteiger partial charge in [-0.05, 0) is 54.6 Å². The summed E-state index contributed by atoms with van der Waals surface area (Å²) in [4.78, 5) is 24.7. The smallest absolute Gasteiger partial charge is 0.257 e. The second-order valence-corrected chi connectivity index (χ2v) is 6.47. The van der Waals surface area contributed by atoms with Crippen molar-refractivity contribution in [2.75, 3.05) is 10.6 Å². The summed E-state index contributed by atoms with van der Waals surface area (Å²) in [5.74, 6) is -1.34. The fourth-order valence-corrected chi connectivity index (χ4v) is 2.75. The predicted octanol–water partition coefficient (Wildman–Crippen LogP) is 5.64. The van der Waals surface area contributed by atoms with E-state index >= 15 is 0 Å². The van der Waals surface area contributed by atoms with Crippen LogP contribution in [-0.2, 0) is 0 Å². The van der Waals surface area contributed by atoms with Crippen molar-refractivity contribution < 1.29 is 14.0 Å². The maximum absolute atomic E-state index is 13.2. The van der Waals surface area contributed by atoms with Crippen LogP contribution in [0.4, 0.5) is 15.8 Å². The molecule has 0 fully saturated rings. The van der Waals surface area contributed by atoms with Crippen LogP contribution in [-0.4, -0.2) is 11.8 Å². The van der Waals surface area contributed by atoms with Crippen LogP contribution in [0.3, 0.4) is 0 Å². The lowest BCUT2D eigenvalue weighted by molar-refractivity contribution is 0.101. The molecule has 0 saturated carbocycles. The van der Waals surface area contributed by atoms with Gasteiger partial charge in [0.2, 0.25) is 0 Å². The zero-order valence-electron chi connectivity index (χ0n) is 13.8. The number of carbonyl (C=O) groups is 2. The average molecular weight is 403 g/mol. The van der Waals surface area contributed by atoms with Gasteiger partial charge >= 0.3 is 0 Å². The first-order valence-corrected chi connectivity index (χ1v) is 8.61. The number of amides is 2. The molecule has 2 N–H and O–H groups in total. The van der Waals surface area contributed by atoms with E-state index in [0.717, 1.165) is 0 Å². The molecule has 0 heterocycles. The van der Waals surface area contributed by atoms with Crippen molar-refractivity contribution in [2.45, 2.75) is 0 Å². The topological polar surface area (TPSA) is 58.2 Å². The third kappa shape index (κ3) is 4.84. The summed E-state index contributed by atoms with van der Waals surface area (Å²) in [7, 11) is 0. The predicted molar refractivity (Wildman–Crippen MR) is 105 cm³/mol. The summed E-state index contributed by atoms with van der Waals surface area (Å²) >= 11 is 11.9. The lowest BCUT2D eigenvalue weighted by atomic mass is 10.1. The van der Waals surface area contributed by atoms with Crippen LogP contribution in [0.1, 0.15) is 20.7 Å². The molecule has 0 aromatic heterocycles.